The number of hydrogen-bond donors (Lipinski definition) is 1. The molecule has 0 aliphatic carbocycles. The van der Waals surface area contributed by atoms with Crippen molar-refractivity contribution in [3.63, 3.8) is 0 Å². The summed E-state index contributed by atoms with van der Waals surface area (Å²) in [6.07, 6.45) is 0.322. The van der Waals surface area contributed by atoms with Gasteiger partial charge in [-0.05, 0) is 48.2 Å². The van der Waals surface area contributed by atoms with Gasteiger partial charge in [-0.15, -0.1) is 0 Å². The predicted molar refractivity (Wildman–Crippen MR) is 182 cm³/mol. The highest BCUT2D eigenvalue weighted by Crippen LogP contribution is 2.28. The molecule has 0 saturated carbocycles. The van der Waals surface area contributed by atoms with E-state index in [1.807, 2.05) is 91.0 Å². The van der Waals surface area contributed by atoms with E-state index in [2.05, 4.69) is 11.9 Å². The molecule has 1 atom stereocenters. The normalized spacial score (nSPS) is 11.3. The third-order valence-electron chi connectivity index (χ3n) is 7.64. The minimum absolute atomic E-state index is 0.141. The maximum atomic E-state index is 13.2. The van der Waals surface area contributed by atoms with Gasteiger partial charge in [-0.3, -0.25) is 9.59 Å². The smallest absolute Gasteiger partial charge is 0.328 e. The van der Waals surface area contributed by atoms with Crippen molar-refractivity contribution in [2.24, 2.45) is 0 Å². The lowest BCUT2D eigenvalue weighted by Crippen LogP contribution is -2.35. The number of fused-ring (bicyclic) bond motifs is 1. The molecule has 0 aromatic heterocycles. The standard InChI is InChI=1S/C39H36N2O5/c1-27(2)38(43)41(36-19-11-15-29-12-7-8-16-32(29)36)24-25-46-31-22-20-28(21-23-31)26-35(39(44)45-3)40-34-18-10-9-17-33(34)37(42)30-13-5-4-6-14-30/h4-23,35,40H,1,24-26H2,2-3H3/t35-/m0/s1. The van der Waals surface area contributed by atoms with Gasteiger partial charge in [-0.1, -0.05) is 97.6 Å². The van der Waals surface area contributed by atoms with E-state index in [1.165, 1.54) is 7.11 Å². The van der Waals surface area contributed by atoms with Crippen molar-refractivity contribution in [3.8, 4) is 5.75 Å². The van der Waals surface area contributed by atoms with Crippen molar-refractivity contribution in [3.05, 3.63) is 150 Å². The molecule has 0 aliphatic rings. The summed E-state index contributed by atoms with van der Waals surface area (Å²) in [5.41, 5.74) is 3.69. The van der Waals surface area contributed by atoms with Crippen LogP contribution in [0.4, 0.5) is 11.4 Å². The second-order valence-corrected chi connectivity index (χ2v) is 10.9. The molecule has 0 saturated heterocycles. The van der Waals surface area contributed by atoms with Crippen LogP contribution in [0.25, 0.3) is 10.8 Å². The Kier molecular flexibility index (Phi) is 10.2. The van der Waals surface area contributed by atoms with Crippen molar-refractivity contribution < 1.29 is 23.9 Å². The number of amides is 1. The summed E-state index contributed by atoms with van der Waals surface area (Å²) in [5.74, 6) is -0.120. The van der Waals surface area contributed by atoms with Crippen LogP contribution in [0.15, 0.2) is 133 Å². The summed E-state index contributed by atoms with van der Waals surface area (Å²) >= 11 is 0. The third kappa shape index (κ3) is 7.50. The molecule has 0 spiro atoms. The molecule has 0 bridgehead atoms. The molecule has 0 fully saturated rings. The number of hydrogen-bond acceptors (Lipinski definition) is 6. The van der Waals surface area contributed by atoms with Crippen LogP contribution in [-0.2, 0) is 20.7 Å². The van der Waals surface area contributed by atoms with E-state index in [0.717, 1.165) is 22.0 Å². The topological polar surface area (TPSA) is 84.9 Å². The van der Waals surface area contributed by atoms with Gasteiger partial charge in [0, 0.05) is 34.2 Å². The van der Waals surface area contributed by atoms with Crippen LogP contribution in [0.3, 0.4) is 0 Å². The predicted octanol–water partition coefficient (Wildman–Crippen LogP) is 7.26. The summed E-state index contributed by atoms with van der Waals surface area (Å²) in [5, 5.41) is 5.26. The number of nitrogens with one attached hydrogen (secondary N) is 1. The Morgan fingerprint density at radius 1 is 0.804 bits per heavy atom. The molecule has 0 heterocycles. The molecular formula is C39H36N2O5. The van der Waals surface area contributed by atoms with E-state index >= 15 is 0 Å². The second-order valence-electron chi connectivity index (χ2n) is 10.9. The van der Waals surface area contributed by atoms with Gasteiger partial charge in [0.1, 0.15) is 18.4 Å². The molecule has 0 radical (unpaired) electrons. The van der Waals surface area contributed by atoms with Crippen LogP contribution in [0.5, 0.6) is 5.75 Å². The third-order valence-corrected chi connectivity index (χ3v) is 7.64. The van der Waals surface area contributed by atoms with Gasteiger partial charge in [0.05, 0.1) is 19.3 Å². The molecule has 7 heteroatoms. The van der Waals surface area contributed by atoms with Crippen LogP contribution in [0.1, 0.15) is 28.4 Å². The highest BCUT2D eigenvalue weighted by molar-refractivity contribution is 6.12. The maximum absolute atomic E-state index is 13.2. The van der Waals surface area contributed by atoms with Crippen LogP contribution >= 0.6 is 0 Å². The maximum Gasteiger partial charge on any atom is 0.328 e. The van der Waals surface area contributed by atoms with E-state index in [9.17, 15) is 14.4 Å². The number of esters is 1. The second kappa shape index (κ2) is 14.9. The van der Waals surface area contributed by atoms with Crippen molar-refractivity contribution >= 4 is 39.8 Å². The van der Waals surface area contributed by atoms with Crippen molar-refractivity contribution in [2.45, 2.75) is 19.4 Å². The Hall–Kier alpha value is -5.69. The zero-order chi connectivity index (χ0) is 32.5. The molecule has 7 nitrogen and oxygen atoms in total. The average molecular weight is 613 g/mol. The number of carbonyl (C=O) groups is 3. The van der Waals surface area contributed by atoms with Gasteiger partial charge in [0.15, 0.2) is 5.78 Å². The van der Waals surface area contributed by atoms with E-state index in [4.69, 9.17) is 9.47 Å². The molecule has 232 valence electrons. The number of ketones is 1. The van der Waals surface area contributed by atoms with E-state index in [1.54, 1.807) is 42.2 Å². The molecule has 46 heavy (non-hydrogen) atoms. The fourth-order valence-electron chi connectivity index (χ4n) is 5.29. The molecule has 1 amide bonds. The Morgan fingerprint density at radius 2 is 1.48 bits per heavy atom. The highest BCUT2D eigenvalue weighted by atomic mass is 16.5. The van der Waals surface area contributed by atoms with Crippen molar-refractivity contribution in [1.29, 1.82) is 0 Å². The lowest BCUT2D eigenvalue weighted by atomic mass is 10.00. The summed E-state index contributed by atoms with van der Waals surface area (Å²) in [6.45, 7) is 6.17. The molecule has 5 aromatic rings. The lowest BCUT2D eigenvalue weighted by molar-refractivity contribution is -0.141. The first-order valence-electron chi connectivity index (χ1n) is 15.1. The van der Waals surface area contributed by atoms with Crippen molar-refractivity contribution in [2.75, 3.05) is 30.5 Å². The fraction of sp³-hybridized carbons (Fsp3) is 0.154. The van der Waals surface area contributed by atoms with Gasteiger partial charge in [0.25, 0.3) is 5.91 Å². The largest absolute Gasteiger partial charge is 0.492 e. The van der Waals surface area contributed by atoms with Crippen LogP contribution in [0.2, 0.25) is 0 Å². The average Bonchev–Trinajstić information content (AvgIpc) is 3.10. The van der Waals surface area contributed by atoms with Gasteiger partial charge in [-0.2, -0.15) is 0 Å². The number of benzene rings is 5. The Bertz CT molecular complexity index is 1840. The SMILES string of the molecule is C=C(C)C(=O)N(CCOc1ccc(C[C@H](Nc2ccccc2C(=O)c2ccccc2)C(=O)OC)cc1)c1cccc2ccccc12. The number of anilines is 2. The number of methoxy groups -OCH3 is 1. The van der Waals surface area contributed by atoms with Crippen LogP contribution in [-0.4, -0.2) is 44.0 Å². The van der Waals surface area contributed by atoms with Gasteiger partial charge >= 0.3 is 5.97 Å². The van der Waals surface area contributed by atoms with Crippen molar-refractivity contribution in [1.82, 2.24) is 0 Å². The number of nitrogens with zero attached hydrogens (tertiary/aromatic N) is 1. The Morgan fingerprint density at radius 3 is 2.22 bits per heavy atom. The highest BCUT2D eigenvalue weighted by Gasteiger charge is 2.23. The Labute approximate surface area is 269 Å². The number of rotatable bonds is 13. The summed E-state index contributed by atoms with van der Waals surface area (Å²) in [6, 6.07) is 36.7. The zero-order valence-electron chi connectivity index (χ0n) is 25.9. The molecule has 0 unspecified atom stereocenters. The van der Waals surface area contributed by atoms with Gasteiger partial charge < -0.3 is 19.7 Å². The Balaban J connectivity index is 1.26. The van der Waals surface area contributed by atoms with Gasteiger partial charge in [0.2, 0.25) is 0 Å². The number of para-hydroxylation sites is 1. The first-order valence-corrected chi connectivity index (χ1v) is 15.1. The van der Waals surface area contributed by atoms with Crippen LogP contribution < -0.4 is 15.0 Å². The fourth-order valence-corrected chi connectivity index (χ4v) is 5.29. The molecular weight excluding hydrogens is 576 g/mol. The molecule has 1 N–H and O–H groups in total. The molecule has 0 aliphatic heterocycles. The van der Waals surface area contributed by atoms with E-state index < -0.39 is 12.0 Å². The lowest BCUT2D eigenvalue weighted by Gasteiger charge is -2.24. The monoisotopic (exact) mass is 612 g/mol. The number of carbonyl (C=O) groups excluding carboxylic acids is 3. The first-order chi connectivity index (χ1) is 22.4. The summed E-state index contributed by atoms with van der Waals surface area (Å²) < 4.78 is 11.1. The molecule has 5 aromatic carbocycles. The number of ether oxygens (including phenoxy) is 2. The minimum atomic E-state index is -0.732. The van der Waals surface area contributed by atoms with E-state index in [0.29, 0.717) is 41.1 Å². The zero-order valence-corrected chi connectivity index (χ0v) is 25.9. The molecule has 5 rings (SSSR count). The van der Waals surface area contributed by atoms with Crippen LogP contribution in [0, 0.1) is 0 Å². The minimum Gasteiger partial charge on any atom is -0.492 e. The van der Waals surface area contributed by atoms with E-state index in [-0.39, 0.29) is 18.3 Å². The van der Waals surface area contributed by atoms with Gasteiger partial charge in [-0.25, -0.2) is 4.79 Å². The summed E-state index contributed by atoms with van der Waals surface area (Å²) in [4.78, 5) is 40.9. The summed E-state index contributed by atoms with van der Waals surface area (Å²) in [7, 11) is 1.34. The first kappa shape index (κ1) is 31.7. The quantitative estimate of drug-likeness (QED) is 0.0856.